The first-order valence-electron chi connectivity index (χ1n) is 8.58. The summed E-state index contributed by atoms with van der Waals surface area (Å²) in [7, 11) is 1.63. The molecule has 140 valence electrons. The fourth-order valence-electron chi connectivity index (χ4n) is 3.00. The van der Waals surface area contributed by atoms with Gasteiger partial charge in [0, 0.05) is 24.9 Å². The van der Waals surface area contributed by atoms with Crippen LogP contribution in [0.1, 0.15) is 27.9 Å². The molecule has 1 aliphatic heterocycles. The zero-order valence-corrected chi connectivity index (χ0v) is 15.9. The second-order valence-electron chi connectivity index (χ2n) is 6.16. The van der Waals surface area contributed by atoms with Crippen LogP contribution in [0.4, 0.5) is 11.4 Å². The highest BCUT2D eigenvalue weighted by Gasteiger charge is 2.18. The van der Waals surface area contributed by atoms with Crippen LogP contribution in [0, 0.1) is 6.92 Å². The van der Waals surface area contributed by atoms with Gasteiger partial charge in [0.2, 0.25) is 0 Å². The minimum atomic E-state index is -0.110. The van der Waals surface area contributed by atoms with Gasteiger partial charge in [-0.25, -0.2) is 0 Å². The zero-order chi connectivity index (χ0) is 17.6. The summed E-state index contributed by atoms with van der Waals surface area (Å²) in [4.78, 5) is 12.8. The number of amides is 1. The molecule has 0 bridgehead atoms. The van der Waals surface area contributed by atoms with E-state index < -0.39 is 0 Å². The van der Waals surface area contributed by atoms with Crippen LogP contribution < -0.4 is 15.4 Å². The number of hydrogen-bond acceptors (Lipinski definition) is 4. The van der Waals surface area contributed by atoms with E-state index in [4.69, 9.17) is 9.47 Å². The number of nitrogens with one attached hydrogen (secondary N) is 2. The van der Waals surface area contributed by atoms with Crippen molar-refractivity contribution in [2.45, 2.75) is 19.8 Å². The molecule has 0 fully saturated rings. The molecule has 0 radical (unpaired) electrons. The van der Waals surface area contributed by atoms with Gasteiger partial charge in [0.1, 0.15) is 12.4 Å². The third-order valence-corrected chi connectivity index (χ3v) is 4.27. The molecule has 6 heteroatoms. The number of anilines is 2. The van der Waals surface area contributed by atoms with Gasteiger partial charge >= 0.3 is 0 Å². The van der Waals surface area contributed by atoms with Crippen LogP contribution in [0.2, 0.25) is 0 Å². The van der Waals surface area contributed by atoms with E-state index >= 15 is 0 Å². The van der Waals surface area contributed by atoms with Crippen molar-refractivity contribution in [1.29, 1.82) is 0 Å². The number of carbonyl (C=O) groups is 1. The van der Waals surface area contributed by atoms with Crippen LogP contribution in [0.25, 0.3) is 0 Å². The summed E-state index contributed by atoms with van der Waals surface area (Å²) in [6, 6.07) is 11.6. The summed E-state index contributed by atoms with van der Waals surface area (Å²) < 4.78 is 10.8. The van der Waals surface area contributed by atoms with E-state index in [1.54, 1.807) is 7.11 Å². The molecule has 3 rings (SSSR count). The van der Waals surface area contributed by atoms with Gasteiger partial charge in [-0.2, -0.15) is 0 Å². The third kappa shape index (κ3) is 4.68. The molecule has 1 aliphatic rings. The second kappa shape index (κ2) is 9.46. The number of aryl methyl sites for hydroxylation is 1. The van der Waals surface area contributed by atoms with Gasteiger partial charge in [0.05, 0.1) is 12.3 Å². The average Bonchev–Trinajstić information content (AvgIpc) is 2.63. The summed E-state index contributed by atoms with van der Waals surface area (Å²) in [6.07, 6.45) is 1.95. The molecular weight excluding hydrogens is 352 g/mol. The molecule has 26 heavy (non-hydrogen) atoms. The van der Waals surface area contributed by atoms with Crippen molar-refractivity contribution >= 4 is 29.7 Å². The number of fused-ring (bicyclic) bond motifs is 1. The fraction of sp³-hybridized carbons (Fsp3) is 0.350. The summed E-state index contributed by atoms with van der Waals surface area (Å²) >= 11 is 0. The Balaban J connectivity index is 0.00000243. The van der Waals surface area contributed by atoms with Crippen molar-refractivity contribution < 1.29 is 14.3 Å². The van der Waals surface area contributed by atoms with E-state index in [0.717, 1.165) is 36.2 Å². The summed E-state index contributed by atoms with van der Waals surface area (Å²) in [6.45, 7) is 3.88. The molecular formula is C20H25ClN2O3. The summed E-state index contributed by atoms with van der Waals surface area (Å²) in [5, 5.41) is 6.35. The van der Waals surface area contributed by atoms with Crippen molar-refractivity contribution in [3.8, 4) is 5.75 Å². The van der Waals surface area contributed by atoms with Gasteiger partial charge in [-0.15, -0.1) is 12.4 Å². The molecule has 0 aromatic heterocycles. The quantitative estimate of drug-likeness (QED) is 0.746. The van der Waals surface area contributed by atoms with Gasteiger partial charge in [0.15, 0.2) is 0 Å². The van der Waals surface area contributed by atoms with Gasteiger partial charge in [-0.3, -0.25) is 4.79 Å². The molecule has 2 aromatic rings. The zero-order valence-electron chi connectivity index (χ0n) is 15.1. The average molecular weight is 377 g/mol. The number of rotatable bonds is 6. The van der Waals surface area contributed by atoms with E-state index in [2.05, 4.69) is 10.6 Å². The Morgan fingerprint density at radius 1 is 1.23 bits per heavy atom. The lowest BCUT2D eigenvalue weighted by molar-refractivity contribution is 0.102. The molecule has 2 aromatic carbocycles. The highest BCUT2D eigenvalue weighted by atomic mass is 35.5. The van der Waals surface area contributed by atoms with Crippen LogP contribution in [0.15, 0.2) is 36.4 Å². The van der Waals surface area contributed by atoms with Crippen molar-refractivity contribution in [3.63, 3.8) is 0 Å². The highest BCUT2D eigenvalue weighted by molar-refractivity contribution is 6.07. The Labute approximate surface area is 160 Å². The first-order chi connectivity index (χ1) is 12.2. The van der Waals surface area contributed by atoms with Crippen molar-refractivity contribution in [3.05, 3.63) is 53.1 Å². The molecule has 0 unspecified atom stereocenters. The molecule has 0 saturated heterocycles. The van der Waals surface area contributed by atoms with E-state index in [1.165, 1.54) is 0 Å². The van der Waals surface area contributed by atoms with Gasteiger partial charge in [-0.1, -0.05) is 12.1 Å². The van der Waals surface area contributed by atoms with Crippen LogP contribution in [-0.2, 0) is 11.2 Å². The summed E-state index contributed by atoms with van der Waals surface area (Å²) in [5.74, 6) is 0.550. The van der Waals surface area contributed by atoms with Crippen LogP contribution in [0.3, 0.4) is 0 Å². The van der Waals surface area contributed by atoms with Crippen molar-refractivity contribution in [2.75, 3.05) is 37.5 Å². The predicted octanol–water partition coefficient (Wildman–Crippen LogP) is 4.05. The lowest BCUT2D eigenvalue weighted by Crippen LogP contribution is -2.19. The Kier molecular flexibility index (Phi) is 7.30. The maximum absolute atomic E-state index is 12.8. The maximum atomic E-state index is 12.8. The number of halogens is 1. The van der Waals surface area contributed by atoms with Gasteiger partial charge in [-0.05, 0) is 55.2 Å². The predicted molar refractivity (Wildman–Crippen MR) is 107 cm³/mol. The number of methoxy groups -OCH3 is 1. The molecule has 0 spiro atoms. The monoisotopic (exact) mass is 376 g/mol. The first-order valence-corrected chi connectivity index (χ1v) is 8.58. The molecule has 0 saturated carbocycles. The van der Waals surface area contributed by atoms with E-state index in [-0.39, 0.29) is 18.3 Å². The standard InChI is InChI=1S/C20H24N2O3.ClH/c1-14-8-9-18(19(13-14)25-12-11-24-2)22-20(23)16-5-3-7-17-15(16)6-4-10-21-17;/h3,5,7-9,13,21H,4,6,10-12H2,1-2H3,(H,22,23);1H. The maximum Gasteiger partial charge on any atom is 0.256 e. The topological polar surface area (TPSA) is 59.6 Å². The fourth-order valence-corrected chi connectivity index (χ4v) is 3.00. The Morgan fingerprint density at radius 2 is 2.08 bits per heavy atom. The van der Waals surface area contributed by atoms with E-state index in [9.17, 15) is 4.79 Å². The lowest BCUT2D eigenvalue weighted by atomic mass is 9.97. The van der Waals surface area contributed by atoms with Crippen LogP contribution in [0.5, 0.6) is 5.75 Å². The summed E-state index contributed by atoms with van der Waals surface area (Å²) in [5.41, 5.74) is 4.60. The van der Waals surface area contributed by atoms with E-state index in [1.807, 2.05) is 43.3 Å². The Morgan fingerprint density at radius 3 is 2.88 bits per heavy atom. The molecule has 0 aliphatic carbocycles. The Bertz CT molecular complexity index is 765. The Hall–Kier alpha value is -2.24. The minimum absolute atomic E-state index is 0. The number of carbonyl (C=O) groups excluding carboxylic acids is 1. The SMILES string of the molecule is COCCOc1cc(C)ccc1NC(=O)c1cccc2c1CCCN2.Cl. The molecule has 1 amide bonds. The van der Waals surface area contributed by atoms with Gasteiger partial charge in [0.25, 0.3) is 5.91 Å². The number of hydrogen-bond donors (Lipinski definition) is 2. The molecule has 1 heterocycles. The van der Waals surface area contributed by atoms with Crippen molar-refractivity contribution in [1.82, 2.24) is 0 Å². The normalized spacial score (nSPS) is 12.4. The molecule has 0 atom stereocenters. The van der Waals surface area contributed by atoms with Gasteiger partial charge < -0.3 is 20.1 Å². The first kappa shape index (κ1) is 20.1. The molecule has 5 nitrogen and oxygen atoms in total. The van der Waals surface area contributed by atoms with E-state index in [0.29, 0.717) is 30.2 Å². The number of benzene rings is 2. The van der Waals surface area contributed by atoms with Crippen LogP contribution >= 0.6 is 12.4 Å². The second-order valence-corrected chi connectivity index (χ2v) is 6.16. The number of ether oxygens (including phenoxy) is 2. The minimum Gasteiger partial charge on any atom is -0.489 e. The third-order valence-electron chi connectivity index (χ3n) is 4.27. The largest absolute Gasteiger partial charge is 0.489 e. The highest BCUT2D eigenvalue weighted by Crippen LogP contribution is 2.29. The lowest BCUT2D eigenvalue weighted by Gasteiger charge is -2.21. The molecule has 2 N–H and O–H groups in total. The van der Waals surface area contributed by atoms with Crippen molar-refractivity contribution in [2.24, 2.45) is 0 Å². The smallest absolute Gasteiger partial charge is 0.256 e. The van der Waals surface area contributed by atoms with Crippen LogP contribution in [-0.4, -0.2) is 32.8 Å².